The van der Waals surface area contributed by atoms with Crippen molar-refractivity contribution in [2.45, 2.75) is 50.8 Å². The van der Waals surface area contributed by atoms with Crippen LogP contribution in [0.5, 0.6) is 17.2 Å². The van der Waals surface area contributed by atoms with Gasteiger partial charge in [0.05, 0.1) is 20.8 Å². The molecule has 12 nitrogen and oxygen atoms in total. The average Bonchev–Trinajstić information content (AvgIpc) is 2.92. The molecule has 2 aliphatic rings. The molecule has 0 radical (unpaired) electrons. The Bertz CT molecular complexity index is 1180. The molecule has 4 rings (SSSR count). The molecular formula is C27H31NO11. The number of hydrogen-bond acceptors (Lipinski definition) is 10. The summed E-state index contributed by atoms with van der Waals surface area (Å²) in [4.78, 5) is 35.2. The summed E-state index contributed by atoms with van der Waals surface area (Å²) in [6, 6.07) is 10.7. The van der Waals surface area contributed by atoms with Crippen LogP contribution in [-0.4, -0.2) is 80.8 Å². The molecule has 2 aromatic rings. The van der Waals surface area contributed by atoms with E-state index in [1.54, 1.807) is 42.5 Å². The second kappa shape index (κ2) is 12.4. The molecule has 2 aliphatic heterocycles. The first kappa shape index (κ1) is 28.3. The fourth-order valence-corrected chi connectivity index (χ4v) is 4.50. The Morgan fingerprint density at radius 1 is 1.00 bits per heavy atom. The first-order valence-corrected chi connectivity index (χ1v) is 12.2. The summed E-state index contributed by atoms with van der Waals surface area (Å²) in [5.74, 6) is -0.326. The third kappa shape index (κ3) is 6.66. The van der Waals surface area contributed by atoms with E-state index >= 15 is 0 Å². The molecule has 0 bridgehead atoms. The standard InChI is InChI=1S/C27H31NO11/c1-14(29)16-5-8-18(9-6-16)37-27-23(28-15(2)30)25(35-13-22(31)32)24-21(38-27)12-36-26(39-24)17-7-10-19(33-3)20(11-17)34-4/h5-11,21,23-27H,12-13H2,1-4H3,(H,28,30)(H,31,32). The van der Waals surface area contributed by atoms with E-state index in [2.05, 4.69) is 5.32 Å². The molecule has 0 saturated carbocycles. The molecule has 0 spiro atoms. The Balaban J connectivity index is 1.61. The van der Waals surface area contributed by atoms with Crippen molar-refractivity contribution in [2.24, 2.45) is 0 Å². The van der Waals surface area contributed by atoms with Gasteiger partial charge in [-0.05, 0) is 43.3 Å². The molecule has 12 heteroatoms. The van der Waals surface area contributed by atoms with Crippen LogP contribution in [0.3, 0.4) is 0 Å². The van der Waals surface area contributed by atoms with E-state index in [1.807, 2.05) is 0 Å². The third-order valence-electron chi connectivity index (χ3n) is 6.30. The van der Waals surface area contributed by atoms with Crippen molar-refractivity contribution in [3.8, 4) is 17.2 Å². The number of rotatable bonds is 10. The number of methoxy groups -OCH3 is 2. The number of fused-ring (bicyclic) bond motifs is 1. The molecule has 2 aromatic carbocycles. The highest BCUT2D eigenvalue weighted by Crippen LogP contribution is 2.38. The van der Waals surface area contributed by atoms with Gasteiger partial charge in [0, 0.05) is 18.1 Å². The summed E-state index contributed by atoms with van der Waals surface area (Å²) >= 11 is 0. The molecular weight excluding hydrogens is 514 g/mol. The fourth-order valence-electron chi connectivity index (χ4n) is 4.50. The normalized spacial score (nSPS) is 26.2. The van der Waals surface area contributed by atoms with Crippen molar-refractivity contribution < 1.29 is 52.6 Å². The van der Waals surface area contributed by atoms with Crippen LogP contribution >= 0.6 is 0 Å². The first-order valence-electron chi connectivity index (χ1n) is 12.2. The Kier molecular flexibility index (Phi) is 9.02. The van der Waals surface area contributed by atoms with Gasteiger partial charge in [-0.15, -0.1) is 0 Å². The molecule has 6 atom stereocenters. The van der Waals surface area contributed by atoms with Gasteiger partial charge in [0.1, 0.15) is 36.7 Å². The highest BCUT2D eigenvalue weighted by Gasteiger charge is 2.52. The summed E-state index contributed by atoms with van der Waals surface area (Å²) in [5, 5.41) is 12.1. The second-order valence-corrected chi connectivity index (χ2v) is 9.02. The maximum Gasteiger partial charge on any atom is 0.329 e. The number of ketones is 1. The minimum atomic E-state index is -1.19. The van der Waals surface area contributed by atoms with E-state index in [0.29, 0.717) is 28.4 Å². The van der Waals surface area contributed by atoms with Crippen molar-refractivity contribution in [3.63, 3.8) is 0 Å². The molecule has 2 N–H and O–H groups in total. The summed E-state index contributed by atoms with van der Waals surface area (Å²) in [6.45, 7) is 2.19. The number of carbonyl (C=O) groups excluding carboxylic acids is 2. The first-order chi connectivity index (χ1) is 18.7. The van der Waals surface area contributed by atoms with Crippen LogP contribution < -0.4 is 19.5 Å². The Morgan fingerprint density at radius 3 is 2.33 bits per heavy atom. The molecule has 39 heavy (non-hydrogen) atoms. The van der Waals surface area contributed by atoms with E-state index in [-0.39, 0.29) is 12.4 Å². The lowest BCUT2D eigenvalue weighted by molar-refractivity contribution is -0.337. The van der Waals surface area contributed by atoms with Gasteiger partial charge in [-0.3, -0.25) is 9.59 Å². The van der Waals surface area contributed by atoms with E-state index in [0.717, 1.165) is 0 Å². The third-order valence-corrected chi connectivity index (χ3v) is 6.30. The van der Waals surface area contributed by atoms with Gasteiger partial charge >= 0.3 is 5.97 Å². The zero-order chi connectivity index (χ0) is 28.1. The maximum absolute atomic E-state index is 12.2. The van der Waals surface area contributed by atoms with Crippen molar-refractivity contribution in [1.82, 2.24) is 5.32 Å². The van der Waals surface area contributed by atoms with Gasteiger partial charge in [-0.1, -0.05) is 6.07 Å². The number of amides is 1. The number of carboxylic acid groups (broad SMARTS) is 1. The number of aliphatic carboxylic acids is 1. The van der Waals surface area contributed by atoms with Gasteiger partial charge < -0.3 is 43.6 Å². The lowest BCUT2D eigenvalue weighted by atomic mass is 9.95. The van der Waals surface area contributed by atoms with Crippen LogP contribution in [0.15, 0.2) is 42.5 Å². The largest absolute Gasteiger partial charge is 0.493 e. The van der Waals surface area contributed by atoms with Crippen molar-refractivity contribution in [1.29, 1.82) is 0 Å². The number of nitrogens with one attached hydrogen (secondary N) is 1. The highest BCUT2D eigenvalue weighted by atomic mass is 16.8. The zero-order valence-corrected chi connectivity index (χ0v) is 21.9. The lowest BCUT2D eigenvalue weighted by Gasteiger charge is -2.49. The summed E-state index contributed by atoms with van der Waals surface area (Å²) in [6.07, 6.45) is -4.46. The number of carboxylic acids is 1. The lowest BCUT2D eigenvalue weighted by Crippen LogP contribution is -2.68. The average molecular weight is 546 g/mol. The number of Topliss-reactive ketones (excluding diaryl/α,β-unsaturated/α-hetero) is 1. The summed E-state index contributed by atoms with van der Waals surface area (Å²) < 4.78 is 40.8. The predicted octanol–water partition coefficient (Wildman–Crippen LogP) is 2.10. The van der Waals surface area contributed by atoms with E-state index in [4.69, 9.17) is 33.2 Å². The maximum atomic E-state index is 12.2. The van der Waals surface area contributed by atoms with E-state index in [9.17, 15) is 19.5 Å². The Hall–Kier alpha value is -3.71. The fraction of sp³-hybridized carbons (Fsp3) is 0.444. The molecule has 210 valence electrons. The molecule has 2 saturated heterocycles. The number of benzene rings is 2. The van der Waals surface area contributed by atoms with Crippen LogP contribution in [0.25, 0.3) is 0 Å². The quantitative estimate of drug-likeness (QED) is 0.423. The minimum absolute atomic E-state index is 0.0620. The molecule has 1 amide bonds. The van der Waals surface area contributed by atoms with Crippen LogP contribution in [0.1, 0.15) is 36.1 Å². The molecule has 6 unspecified atom stereocenters. The molecule has 2 heterocycles. The predicted molar refractivity (Wildman–Crippen MR) is 134 cm³/mol. The van der Waals surface area contributed by atoms with Crippen LogP contribution in [0.2, 0.25) is 0 Å². The van der Waals surface area contributed by atoms with Crippen LogP contribution in [-0.2, 0) is 28.5 Å². The number of ether oxygens (including phenoxy) is 7. The van der Waals surface area contributed by atoms with Gasteiger partial charge in [-0.2, -0.15) is 0 Å². The molecule has 0 aliphatic carbocycles. The number of carbonyl (C=O) groups is 3. The second-order valence-electron chi connectivity index (χ2n) is 9.02. The monoisotopic (exact) mass is 545 g/mol. The van der Waals surface area contributed by atoms with Crippen LogP contribution in [0.4, 0.5) is 0 Å². The number of hydrogen-bond donors (Lipinski definition) is 2. The topological polar surface area (TPSA) is 148 Å². The van der Waals surface area contributed by atoms with Gasteiger partial charge in [0.15, 0.2) is 23.6 Å². The Labute approximate surface area is 225 Å². The van der Waals surface area contributed by atoms with Crippen molar-refractivity contribution in [3.05, 3.63) is 53.6 Å². The molecule has 2 fully saturated rings. The smallest absolute Gasteiger partial charge is 0.329 e. The zero-order valence-electron chi connectivity index (χ0n) is 21.9. The van der Waals surface area contributed by atoms with E-state index < -0.39 is 55.4 Å². The van der Waals surface area contributed by atoms with Crippen molar-refractivity contribution in [2.75, 3.05) is 27.4 Å². The Morgan fingerprint density at radius 2 is 1.72 bits per heavy atom. The van der Waals surface area contributed by atoms with E-state index in [1.165, 1.54) is 28.1 Å². The van der Waals surface area contributed by atoms with Gasteiger partial charge in [0.25, 0.3) is 0 Å². The highest BCUT2D eigenvalue weighted by molar-refractivity contribution is 5.94. The summed E-state index contributed by atoms with van der Waals surface area (Å²) in [5.41, 5.74) is 1.13. The van der Waals surface area contributed by atoms with Crippen molar-refractivity contribution >= 4 is 17.7 Å². The minimum Gasteiger partial charge on any atom is -0.493 e. The summed E-state index contributed by atoms with van der Waals surface area (Å²) in [7, 11) is 3.04. The molecule has 0 aromatic heterocycles. The SMILES string of the molecule is COc1ccc(C2OCC3OC(Oc4ccc(C(C)=O)cc4)C(NC(C)=O)C(OCC(=O)O)C3O2)cc1OC. The van der Waals surface area contributed by atoms with Gasteiger partial charge in [0.2, 0.25) is 12.2 Å². The van der Waals surface area contributed by atoms with Crippen LogP contribution in [0, 0.1) is 0 Å². The van der Waals surface area contributed by atoms with Gasteiger partial charge in [-0.25, -0.2) is 4.79 Å².